The number of hydrogen-bond acceptors (Lipinski definition) is 6. The summed E-state index contributed by atoms with van der Waals surface area (Å²) in [6, 6.07) is 9.90. The summed E-state index contributed by atoms with van der Waals surface area (Å²) >= 11 is 1.19. The second-order valence-corrected chi connectivity index (χ2v) is 6.27. The van der Waals surface area contributed by atoms with E-state index in [9.17, 15) is 14.4 Å². The molecule has 0 saturated heterocycles. The predicted octanol–water partition coefficient (Wildman–Crippen LogP) is 2.03. The van der Waals surface area contributed by atoms with Gasteiger partial charge in [-0.25, -0.2) is 0 Å². The Bertz CT molecular complexity index is 680. The maximum atomic E-state index is 12.1. The zero-order chi connectivity index (χ0) is 17.4. The first-order valence-corrected chi connectivity index (χ1v) is 8.58. The number of carbonyl (C=O) groups excluding carboxylic acids is 3. The van der Waals surface area contributed by atoms with E-state index in [1.165, 1.54) is 31.0 Å². The van der Waals surface area contributed by atoms with Crippen molar-refractivity contribution in [2.75, 3.05) is 19.4 Å². The standard InChI is InChI=1S/C18H19NO4S/c1-23-18(22)8-10-24-17-12-15(20)14(11-16(17)21)19-9-7-13-5-3-2-4-6-13/h2-6,11-12,19H,7-10H2,1H3. The third-order valence-electron chi connectivity index (χ3n) is 3.41. The topological polar surface area (TPSA) is 72.5 Å². The molecule has 1 aromatic rings. The average molecular weight is 345 g/mol. The summed E-state index contributed by atoms with van der Waals surface area (Å²) in [5, 5.41) is 3.02. The summed E-state index contributed by atoms with van der Waals surface area (Å²) in [5.41, 5.74) is 1.48. The van der Waals surface area contributed by atoms with E-state index in [0.29, 0.717) is 22.9 Å². The highest BCUT2D eigenvalue weighted by atomic mass is 32.2. The minimum absolute atomic E-state index is 0.200. The van der Waals surface area contributed by atoms with Crippen molar-refractivity contribution >= 4 is 29.3 Å². The molecule has 2 rings (SSSR count). The number of benzene rings is 1. The molecule has 6 heteroatoms. The maximum absolute atomic E-state index is 12.1. The molecule has 0 spiro atoms. The Morgan fingerprint density at radius 1 is 1.12 bits per heavy atom. The Kier molecular flexibility index (Phi) is 6.81. The average Bonchev–Trinajstić information content (AvgIpc) is 2.59. The van der Waals surface area contributed by atoms with Crippen LogP contribution in [0.1, 0.15) is 12.0 Å². The summed E-state index contributed by atoms with van der Waals surface area (Å²) in [6.07, 6.45) is 3.62. The van der Waals surface area contributed by atoms with Crippen LogP contribution in [0.25, 0.3) is 0 Å². The molecule has 24 heavy (non-hydrogen) atoms. The fourth-order valence-electron chi connectivity index (χ4n) is 2.12. The molecule has 0 radical (unpaired) electrons. The minimum atomic E-state index is -0.337. The molecule has 1 aliphatic rings. The van der Waals surface area contributed by atoms with E-state index in [0.717, 1.165) is 12.0 Å². The number of rotatable bonds is 8. The van der Waals surface area contributed by atoms with Gasteiger partial charge in [0.25, 0.3) is 0 Å². The SMILES string of the molecule is COC(=O)CCSC1=CC(=O)C(NCCc2ccccc2)=CC1=O. The van der Waals surface area contributed by atoms with Crippen molar-refractivity contribution in [1.82, 2.24) is 5.32 Å². The van der Waals surface area contributed by atoms with E-state index in [2.05, 4.69) is 10.1 Å². The van der Waals surface area contributed by atoms with Crippen LogP contribution in [-0.2, 0) is 25.5 Å². The zero-order valence-electron chi connectivity index (χ0n) is 13.4. The molecule has 1 aromatic carbocycles. The first-order valence-electron chi connectivity index (χ1n) is 7.59. The lowest BCUT2D eigenvalue weighted by atomic mass is 10.1. The highest BCUT2D eigenvalue weighted by Gasteiger charge is 2.20. The second kappa shape index (κ2) is 9.08. The molecule has 126 valence electrons. The Morgan fingerprint density at radius 2 is 1.88 bits per heavy atom. The van der Waals surface area contributed by atoms with Crippen molar-refractivity contribution in [3.8, 4) is 0 Å². The largest absolute Gasteiger partial charge is 0.469 e. The number of methoxy groups -OCH3 is 1. The molecule has 0 saturated carbocycles. The Labute approximate surface area is 145 Å². The molecule has 0 aliphatic heterocycles. The highest BCUT2D eigenvalue weighted by Crippen LogP contribution is 2.22. The highest BCUT2D eigenvalue weighted by molar-refractivity contribution is 8.04. The van der Waals surface area contributed by atoms with Crippen LogP contribution in [0.5, 0.6) is 0 Å². The van der Waals surface area contributed by atoms with E-state index < -0.39 is 0 Å². The van der Waals surface area contributed by atoms with E-state index in [4.69, 9.17) is 0 Å². The van der Waals surface area contributed by atoms with Gasteiger partial charge in [0.2, 0.25) is 5.78 Å². The van der Waals surface area contributed by atoms with Crippen molar-refractivity contribution in [3.05, 3.63) is 58.6 Å². The number of hydrogen-bond donors (Lipinski definition) is 1. The number of carbonyl (C=O) groups is 3. The molecule has 0 bridgehead atoms. The Balaban J connectivity index is 1.82. The summed E-state index contributed by atoms with van der Waals surface area (Å²) in [6.45, 7) is 0.577. The van der Waals surface area contributed by atoms with Crippen molar-refractivity contribution in [2.45, 2.75) is 12.8 Å². The van der Waals surface area contributed by atoms with Crippen LogP contribution < -0.4 is 5.32 Å². The smallest absolute Gasteiger partial charge is 0.306 e. The molecule has 0 fully saturated rings. The van der Waals surface area contributed by atoms with Gasteiger partial charge in [0, 0.05) is 24.4 Å². The Hall–Kier alpha value is -2.34. The van der Waals surface area contributed by atoms with Gasteiger partial charge in [-0.2, -0.15) is 0 Å². The van der Waals surface area contributed by atoms with E-state index in [1.54, 1.807) is 0 Å². The first-order chi connectivity index (χ1) is 11.6. The van der Waals surface area contributed by atoms with Gasteiger partial charge in [-0.1, -0.05) is 30.3 Å². The summed E-state index contributed by atoms with van der Waals surface area (Å²) < 4.78 is 4.54. The van der Waals surface area contributed by atoms with Crippen LogP contribution in [0, 0.1) is 0 Å². The third-order valence-corrected chi connectivity index (χ3v) is 4.45. The van der Waals surface area contributed by atoms with Crippen LogP contribution in [0.2, 0.25) is 0 Å². The molecule has 1 N–H and O–H groups in total. The number of nitrogens with one attached hydrogen (secondary N) is 1. The van der Waals surface area contributed by atoms with Gasteiger partial charge in [0.1, 0.15) is 0 Å². The lowest BCUT2D eigenvalue weighted by Gasteiger charge is -2.13. The summed E-state index contributed by atoms with van der Waals surface area (Å²) in [4.78, 5) is 35.6. The zero-order valence-corrected chi connectivity index (χ0v) is 14.2. The van der Waals surface area contributed by atoms with Crippen molar-refractivity contribution in [2.24, 2.45) is 0 Å². The fraction of sp³-hybridized carbons (Fsp3) is 0.278. The fourth-order valence-corrected chi connectivity index (χ4v) is 3.01. The molecule has 0 unspecified atom stereocenters. The third kappa shape index (κ3) is 5.38. The molecule has 0 aromatic heterocycles. The van der Waals surface area contributed by atoms with E-state index in [-0.39, 0.29) is 24.0 Å². The number of ketones is 2. The quantitative estimate of drug-likeness (QED) is 0.574. The first kappa shape index (κ1) is 18.0. The molecule has 5 nitrogen and oxygen atoms in total. The summed E-state index contributed by atoms with van der Waals surface area (Å²) in [5.74, 6) is -0.367. The van der Waals surface area contributed by atoms with Crippen LogP contribution in [0.15, 0.2) is 53.1 Å². The van der Waals surface area contributed by atoms with Gasteiger partial charge in [-0.3, -0.25) is 14.4 Å². The summed E-state index contributed by atoms with van der Waals surface area (Å²) in [7, 11) is 1.32. The lowest BCUT2D eigenvalue weighted by Crippen LogP contribution is -2.26. The molecule has 0 heterocycles. The van der Waals surface area contributed by atoms with E-state index >= 15 is 0 Å². The second-order valence-electron chi connectivity index (χ2n) is 5.13. The van der Waals surface area contributed by atoms with Gasteiger partial charge in [0.05, 0.1) is 24.1 Å². The molecular weight excluding hydrogens is 326 g/mol. The number of esters is 1. The van der Waals surface area contributed by atoms with Crippen molar-refractivity contribution in [3.63, 3.8) is 0 Å². The number of ether oxygens (including phenoxy) is 1. The van der Waals surface area contributed by atoms with Gasteiger partial charge in [-0.15, -0.1) is 11.8 Å². The molecule has 0 amide bonds. The van der Waals surface area contributed by atoms with Crippen LogP contribution >= 0.6 is 11.8 Å². The lowest BCUT2D eigenvalue weighted by molar-refractivity contribution is -0.140. The van der Waals surface area contributed by atoms with Crippen LogP contribution in [0.4, 0.5) is 0 Å². The Morgan fingerprint density at radius 3 is 2.58 bits per heavy atom. The van der Waals surface area contributed by atoms with Crippen molar-refractivity contribution < 1.29 is 19.1 Å². The van der Waals surface area contributed by atoms with Gasteiger partial charge >= 0.3 is 5.97 Å². The number of thioether (sulfide) groups is 1. The number of allylic oxidation sites excluding steroid dienone is 3. The van der Waals surface area contributed by atoms with Gasteiger partial charge in [-0.05, 0) is 12.0 Å². The van der Waals surface area contributed by atoms with Crippen LogP contribution in [0.3, 0.4) is 0 Å². The maximum Gasteiger partial charge on any atom is 0.306 e. The molecule has 1 aliphatic carbocycles. The van der Waals surface area contributed by atoms with Crippen LogP contribution in [-0.4, -0.2) is 36.9 Å². The van der Waals surface area contributed by atoms with Gasteiger partial charge in [0.15, 0.2) is 5.78 Å². The van der Waals surface area contributed by atoms with Crippen molar-refractivity contribution in [1.29, 1.82) is 0 Å². The normalized spacial score (nSPS) is 14.0. The van der Waals surface area contributed by atoms with Gasteiger partial charge < -0.3 is 10.1 Å². The molecular formula is C18H19NO4S. The molecule has 0 atom stereocenters. The minimum Gasteiger partial charge on any atom is -0.469 e. The monoisotopic (exact) mass is 345 g/mol. The predicted molar refractivity (Wildman–Crippen MR) is 93.4 cm³/mol. The van der Waals surface area contributed by atoms with E-state index in [1.807, 2.05) is 30.3 Å².